The smallest absolute Gasteiger partial charge is 0.273 e. The van der Waals surface area contributed by atoms with E-state index in [1.54, 1.807) is 11.6 Å². The number of nitrogens with one attached hydrogen (secondary N) is 1. The Morgan fingerprint density at radius 1 is 1.41 bits per heavy atom. The second-order valence-corrected chi connectivity index (χ2v) is 8.26. The van der Waals surface area contributed by atoms with Crippen molar-refractivity contribution >= 4 is 43.8 Å². The monoisotopic (exact) mass is 342 g/mol. The molecule has 2 aliphatic rings. The third kappa shape index (κ3) is 3.17. The van der Waals surface area contributed by atoms with Crippen LogP contribution in [0.2, 0.25) is 0 Å². The van der Waals surface area contributed by atoms with Gasteiger partial charge in [-0.15, -0.1) is 11.3 Å². The van der Waals surface area contributed by atoms with Gasteiger partial charge >= 0.3 is 0 Å². The molecule has 0 aliphatic carbocycles. The minimum Gasteiger partial charge on any atom is -0.297 e. The van der Waals surface area contributed by atoms with Gasteiger partial charge in [-0.2, -0.15) is 5.10 Å². The lowest BCUT2D eigenvalue weighted by Crippen LogP contribution is -2.42. The Morgan fingerprint density at radius 2 is 2.23 bits per heavy atom. The van der Waals surface area contributed by atoms with Gasteiger partial charge in [-0.05, 0) is 6.42 Å². The Balaban J connectivity index is 1.76. The molecule has 118 valence electrons. The van der Waals surface area contributed by atoms with Crippen molar-refractivity contribution in [1.82, 2.24) is 9.99 Å². The molecule has 0 saturated carbocycles. The first-order valence-corrected chi connectivity index (χ1v) is 9.45. The molecule has 1 fully saturated rings. The summed E-state index contributed by atoms with van der Waals surface area (Å²) >= 11 is 1.28. The number of amides is 2. The van der Waals surface area contributed by atoms with Crippen LogP contribution in [0.25, 0.3) is 0 Å². The minimum absolute atomic E-state index is 0.0532. The Bertz CT molecular complexity index is 726. The highest BCUT2D eigenvalue weighted by Crippen LogP contribution is 2.22. The summed E-state index contributed by atoms with van der Waals surface area (Å²) in [7, 11) is -3.12. The minimum atomic E-state index is -3.12. The average Bonchev–Trinajstić information content (AvgIpc) is 3.08. The zero-order chi connectivity index (χ0) is 15.7. The number of hydrogen-bond donors (Lipinski definition) is 1. The number of hydrazone groups is 1. The van der Waals surface area contributed by atoms with Crippen LogP contribution < -0.4 is 5.32 Å². The van der Waals surface area contributed by atoms with Crippen molar-refractivity contribution in [2.45, 2.75) is 25.3 Å². The summed E-state index contributed by atoms with van der Waals surface area (Å²) in [6.45, 7) is 0. The van der Waals surface area contributed by atoms with Gasteiger partial charge in [-0.3, -0.25) is 14.9 Å². The van der Waals surface area contributed by atoms with E-state index in [1.165, 1.54) is 16.3 Å². The van der Waals surface area contributed by atoms with Crippen LogP contribution in [0.3, 0.4) is 0 Å². The van der Waals surface area contributed by atoms with Gasteiger partial charge in [0.2, 0.25) is 5.91 Å². The molecule has 2 amide bonds. The van der Waals surface area contributed by atoms with Crippen LogP contribution in [-0.4, -0.2) is 53.5 Å². The Labute approximate surface area is 131 Å². The summed E-state index contributed by atoms with van der Waals surface area (Å²) in [5.74, 6) is -0.692. The predicted molar refractivity (Wildman–Crippen MR) is 81.3 cm³/mol. The van der Waals surface area contributed by atoms with Crippen molar-refractivity contribution in [2.75, 3.05) is 16.8 Å². The number of anilines is 1. The highest BCUT2D eigenvalue weighted by atomic mass is 32.2. The maximum atomic E-state index is 12.1. The van der Waals surface area contributed by atoms with Gasteiger partial charge in [0.15, 0.2) is 15.0 Å². The zero-order valence-corrected chi connectivity index (χ0v) is 13.2. The molecule has 8 nitrogen and oxygen atoms in total. The number of hydrogen-bond acceptors (Lipinski definition) is 7. The number of aromatic nitrogens is 1. The average molecular weight is 342 g/mol. The standard InChI is InChI=1S/C12H14N4O4S2/c17-10-2-1-9(11(18)14-12-13-4-5-21-12)15-16(10)8-3-6-22(19,20)7-8/h4-5,8H,1-3,6-7H2,(H,13,14,18). The van der Waals surface area contributed by atoms with Gasteiger partial charge in [-0.1, -0.05) is 0 Å². The summed E-state index contributed by atoms with van der Waals surface area (Å²) in [4.78, 5) is 28.0. The first kappa shape index (κ1) is 15.1. The summed E-state index contributed by atoms with van der Waals surface area (Å²) in [6, 6.07) is -0.472. The number of thiazole rings is 1. The molecule has 0 spiro atoms. The largest absolute Gasteiger partial charge is 0.297 e. The molecule has 0 radical (unpaired) electrons. The normalized spacial score (nSPS) is 24.2. The van der Waals surface area contributed by atoms with E-state index in [-0.39, 0.29) is 36.0 Å². The molecule has 1 saturated heterocycles. The molecule has 3 rings (SSSR count). The van der Waals surface area contributed by atoms with Gasteiger partial charge in [-0.25, -0.2) is 18.4 Å². The molecule has 1 aromatic heterocycles. The first-order valence-electron chi connectivity index (χ1n) is 6.75. The molecule has 1 unspecified atom stereocenters. The summed E-state index contributed by atoms with van der Waals surface area (Å²) in [6.07, 6.45) is 2.33. The van der Waals surface area contributed by atoms with Gasteiger partial charge in [0.05, 0.1) is 17.5 Å². The van der Waals surface area contributed by atoms with E-state index in [0.717, 1.165) is 0 Å². The van der Waals surface area contributed by atoms with Crippen LogP contribution in [0.4, 0.5) is 5.13 Å². The van der Waals surface area contributed by atoms with E-state index < -0.39 is 21.8 Å². The first-order chi connectivity index (χ1) is 10.4. The van der Waals surface area contributed by atoms with Gasteiger partial charge in [0, 0.05) is 24.4 Å². The second kappa shape index (κ2) is 5.76. The molecular formula is C12H14N4O4S2. The maximum Gasteiger partial charge on any atom is 0.273 e. The number of carbonyl (C=O) groups excluding carboxylic acids is 2. The zero-order valence-electron chi connectivity index (χ0n) is 11.6. The van der Waals surface area contributed by atoms with E-state index >= 15 is 0 Å². The highest BCUT2D eigenvalue weighted by Gasteiger charge is 2.37. The van der Waals surface area contributed by atoms with Crippen molar-refractivity contribution in [3.63, 3.8) is 0 Å². The third-order valence-corrected chi connectivity index (χ3v) is 5.97. The van der Waals surface area contributed by atoms with Crippen LogP contribution in [0, 0.1) is 0 Å². The summed E-state index contributed by atoms with van der Waals surface area (Å²) < 4.78 is 23.1. The number of carbonyl (C=O) groups is 2. The lowest BCUT2D eigenvalue weighted by molar-refractivity contribution is -0.133. The molecule has 1 aromatic rings. The Hall–Kier alpha value is -1.81. The predicted octanol–water partition coefficient (Wildman–Crippen LogP) is 0.247. The van der Waals surface area contributed by atoms with Crippen molar-refractivity contribution in [3.8, 4) is 0 Å². The van der Waals surface area contributed by atoms with Gasteiger partial charge < -0.3 is 0 Å². The number of rotatable bonds is 3. The Morgan fingerprint density at radius 3 is 2.86 bits per heavy atom. The fourth-order valence-corrected chi connectivity index (χ4v) is 4.66. The van der Waals surface area contributed by atoms with E-state index in [9.17, 15) is 18.0 Å². The van der Waals surface area contributed by atoms with Crippen molar-refractivity contribution in [2.24, 2.45) is 5.10 Å². The maximum absolute atomic E-state index is 12.1. The van der Waals surface area contributed by atoms with Crippen molar-refractivity contribution in [1.29, 1.82) is 0 Å². The quantitative estimate of drug-likeness (QED) is 0.847. The summed E-state index contributed by atoms with van der Waals surface area (Å²) in [5, 5.41) is 10.1. The fraction of sp³-hybridized carbons (Fsp3) is 0.500. The van der Waals surface area contributed by atoms with Gasteiger partial charge in [0.1, 0.15) is 5.71 Å². The van der Waals surface area contributed by atoms with Crippen LogP contribution in [0.15, 0.2) is 16.7 Å². The van der Waals surface area contributed by atoms with Gasteiger partial charge in [0.25, 0.3) is 5.91 Å². The SMILES string of the molecule is O=C(Nc1nccs1)C1=NN(C2CCS(=O)(=O)C2)C(=O)CC1. The number of sulfone groups is 1. The fourth-order valence-electron chi connectivity index (χ4n) is 2.44. The van der Waals surface area contributed by atoms with E-state index in [2.05, 4.69) is 15.4 Å². The Kier molecular flexibility index (Phi) is 3.96. The third-order valence-electron chi connectivity index (χ3n) is 3.53. The van der Waals surface area contributed by atoms with E-state index in [0.29, 0.717) is 11.6 Å². The van der Waals surface area contributed by atoms with Crippen LogP contribution in [-0.2, 0) is 19.4 Å². The van der Waals surface area contributed by atoms with Crippen LogP contribution in [0.5, 0.6) is 0 Å². The topological polar surface area (TPSA) is 109 Å². The molecule has 1 N–H and O–H groups in total. The lowest BCUT2D eigenvalue weighted by Gasteiger charge is -2.27. The van der Waals surface area contributed by atoms with E-state index in [4.69, 9.17) is 0 Å². The molecule has 2 aliphatic heterocycles. The number of nitrogens with zero attached hydrogens (tertiary/aromatic N) is 3. The van der Waals surface area contributed by atoms with Crippen LogP contribution >= 0.6 is 11.3 Å². The molecule has 1 atom stereocenters. The molecule has 10 heteroatoms. The molecule has 3 heterocycles. The summed E-state index contributed by atoms with van der Waals surface area (Å²) in [5.41, 5.74) is 0.221. The molecule has 0 bridgehead atoms. The highest BCUT2D eigenvalue weighted by molar-refractivity contribution is 7.91. The van der Waals surface area contributed by atoms with Crippen LogP contribution in [0.1, 0.15) is 19.3 Å². The van der Waals surface area contributed by atoms with Crippen molar-refractivity contribution in [3.05, 3.63) is 11.6 Å². The molecular weight excluding hydrogens is 328 g/mol. The molecule has 0 aromatic carbocycles. The van der Waals surface area contributed by atoms with Crippen molar-refractivity contribution < 1.29 is 18.0 Å². The lowest BCUT2D eigenvalue weighted by atomic mass is 10.1. The second-order valence-electron chi connectivity index (χ2n) is 5.13. The molecule has 22 heavy (non-hydrogen) atoms. The van der Waals surface area contributed by atoms with E-state index in [1.807, 2.05) is 0 Å².